The predicted octanol–water partition coefficient (Wildman–Crippen LogP) is 11.1. The lowest BCUT2D eigenvalue weighted by Crippen LogP contribution is -2.19. The average Bonchev–Trinajstić information content (AvgIpc) is 2.85. The average molecular weight is 479 g/mol. The summed E-state index contributed by atoms with van der Waals surface area (Å²) >= 11 is 0. The molecule has 0 saturated heterocycles. The van der Waals surface area contributed by atoms with E-state index in [2.05, 4.69) is 45.1 Å². The van der Waals surface area contributed by atoms with Crippen LogP contribution < -0.4 is 0 Å². The second-order valence-electron chi connectivity index (χ2n) is 10.1. The van der Waals surface area contributed by atoms with Crippen LogP contribution in [0, 0.1) is 0 Å². The van der Waals surface area contributed by atoms with Gasteiger partial charge in [0.1, 0.15) is 0 Å². The van der Waals surface area contributed by atoms with Gasteiger partial charge in [-0.25, -0.2) is 0 Å². The smallest absolute Gasteiger partial charge is 0.157 e. The summed E-state index contributed by atoms with van der Waals surface area (Å²) in [6, 6.07) is 0. The van der Waals surface area contributed by atoms with Gasteiger partial charge in [-0.3, -0.25) is 0 Å². The van der Waals surface area contributed by atoms with Gasteiger partial charge >= 0.3 is 0 Å². The van der Waals surface area contributed by atoms with E-state index in [0.717, 1.165) is 19.6 Å². The standard InChI is InChI=1S/C32H62O2/c1-4-7-10-13-16-17-18-19-20-21-22-23-26-29-32(33-30-27-24-14-11-8-5-2)34-31-28-25-15-12-9-6-3/h13,16-18,32H,4-12,14-15,19-31H2,1-3H3/b16-13+,18-17-. The van der Waals surface area contributed by atoms with Gasteiger partial charge in [-0.2, -0.15) is 0 Å². The van der Waals surface area contributed by atoms with Crippen molar-refractivity contribution in [3.05, 3.63) is 24.3 Å². The molecule has 0 aliphatic heterocycles. The molecule has 0 heterocycles. The molecule has 0 spiro atoms. The monoisotopic (exact) mass is 478 g/mol. The molecule has 0 unspecified atom stereocenters. The summed E-state index contributed by atoms with van der Waals surface area (Å²) < 4.78 is 12.3. The molecule has 0 fully saturated rings. The Kier molecular flexibility index (Phi) is 29.9. The lowest BCUT2D eigenvalue weighted by molar-refractivity contribution is -0.148. The van der Waals surface area contributed by atoms with E-state index < -0.39 is 0 Å². The number of hydrogen-bond donors (Lipinski definition) is 0. The van der Waals surface area contributed by atoms with Gasteiger partial charge in [-0.15, -0.1) is 0 Å². The normalized spacial score (nSPS) is 12.1. The molecule has 0 radical (unpaired) electrons. The van der Waals surface area contributed by atoms with Crippen molar-refractivity contribution in [1.82, 2.24) is 0 Å². The van der Waals surface area contributed by atoms with Crippen LogP contribution in [0.25, 0.3) is 0 Å². The lowest BCUT2D eigenvalue weighted by atomic mass is 10.1. The molecule has 202 valence electrons. The Morgan fingerprint density at radius 1 is 0.441 bits per heavy atom. The quantitative estimate of drug-likeness (QED) is 0.0632. The van der Waals surface area contributed by atoms with Crippen molar-refractivity contribution in [3.8, 4) is 0 Å². The van der Waals surface area contributed by atoms with Gasteiger partial charge in [0.05, 0.1) is 0 Å². The zero-order valence-electron chi connectivity index (χ0n) is 23.7. The van der Waals surface area contributed by atoms with Crippen molar-refractivity contribution in [2.24, 2.45) is 0 Å². The fraction of sp³-hybridized carbons (Fsp3) is 0.875. The van der Waals surface area contributed by atoms with E-state index in [0.29, 0.717) is 0 Å². The van der Waals surface area contributed by atoms with Crippen molar-refractivity contribution in [2.75, 3.05) is 13.2 Å². The highest BCUT2D eigenvalue weighted by atomic mass is 16.7. The summed E-state index contributed by atoms with van der Waals surface area (Å²) in [4.78, 5) is 0. The third-order valence-electron chi connectivity index (χ3n) is 6.52. The van der Waals surface area contributed by atoms with Gasteiger partial charge in [0.2, 0.25) is 0 Å². The van der Waals surface area contributed by atoms with E-state index in [1.54, 1.807) is 0 Å². The third-order valence-corrected chi connectivity index (χ3v) is 6.52. The molecular weight excluding hydrogens is 416 g/mol. The molecular formula is C32H62O2. The maximum atomic E-state index is 6.16. The van der Waals surface area contributed by atoms with Gasteiger partial charge in [-0.1, -0.05) is 141 Å². The fourth-order valence-corrected chi connectivity index (χ4v) is 4.18. The van der Waals surface area contributed by atoms with E-state index in [-0.39, 0.29) is 6.29 Å². The van der Waals surface area contributed by atoms with Crippen molar-refractivity contribution >= 4 is 0 Å². The molecule has 0 aromatic rings. The van der Waals surface area contributed by atoms with Crippen LogP contribution in [0.2, 0.25) is 0 Å². The molecule has 0 aliphatic carbocycles. The van der Waals surface area contributed by atoms with Crippen molar-refractivity contribution in [3.63, 3.8) is 0 Å². The summed E-state index contributed by atoms with van der Waals surface area (Å²) in [5.41, 5.74) is 0. The maximum absolute atomic E-state index is 6.16. The molecule has 0 aromatic heterocycles. The fourth-order valence-electron chi connectivity index (χ4n) is 4.18. The predicted molar refractivity (Wildman–Crippen MR) is 153 cm³/mol. The van der Waals surface area contributed by atoms with Gasteiger partial charge in [0, 0.05) is 13.2 Å². The van der Waals surface area contributed by atoms with Gasteiger partial charge in [-0.05, 0) is 44.9 Å². The van der Waals surface area contributed by atoms with Crippen LogP contribution in [-0.2, 0) is 9.47 Å². The van der Waals surface area contributed by atoms with E-state index in [4.69, 9.17) is 9.47 Å². The second kappa shape index (κ2) is 30.4. The Morgan fingerprint density at radius 2 is 0.853 bits per heavy atom. The van der Waals surface area contributed by atoms with E-state index in [1.165, 1.54) is 135 Å². The summed E-state index contributed by atoms with van der Waals surface area (Å²) in [7, 11) is 0. The molecule has 34 heavy (non-hydrogen) atoms. The van der Waals surface area contributed by atoms with Crippen molar-refractivity contribution in [2.45, 2.75) is 168 Å². The zero-order valence-corrected chi connectivity index (χ0v) is 23.7. The Hall–Kier alpha value is -0.600. The molecule has 0 bridgehead atoms. The van der Waals surface area contributed by atoms with Crippen LogP contribution in [0.15, 0.2) is 24.3 Å². The minimum Gasteiger partial charge on any atom is -0.353 e. The topological polar surface area (TPSA) is 18.5 Å². The molecule has 0 N–H and O–H groups in total. The van der Waals surface area contributed by atoms with E-state index in [9.17, 15) is 0 Å². The largest absolute Gasteiger partial charge is 0.353 e. The Bertz CT molecular complexity index is 397. The maximum Gasteiger partial charge on any atom is 0.157 e. The van der Waals surface area contributed by atoms with Gasteiger partial charge in [0.25, 0.3) is 0 Å². The number of unbranched alkanes of at least 4 members (excludes halogenated alkanes) is 17. The second-order valence-corrected chi connectivity index (χ2v) is 10.1. The number of rotatable bonds is 28. The van der Waals surface area contributed by atoms with E-state index in [1.807, 2.05) is 0 Å². The highest BCUT2D eigenvalue weighted by Crippen LogP contribution is 2.14. The Morgan fingerprint density at radius 3 is 1.38 bits per heavy atom. The molecule has 2 heteroatoms. The molecule has 0 atom stereocenters. The van der Waals surface area contributed by atoms with Crippen LogP contribution >= 0.6 is 0 Å². The number of ether oxygens (including phenoxy) is 2. The highest BCUT2D eigenvalue weighted by Gasteiger charge is 2.09. The molecule has 0 saturated carbocycles. The first-order valence-electron chi connectivity index (χ1n) is 15.4. The SMILES string of the molecule is CCCC/C=C/C=C\CCCCCCCC(OCCCCCCCC)OCCCCCCCC. The minimum atomic E-state index is 0.0220. The van der Waals surface area contributed by atoms with E-state index >= 15 is 0 Å². The van der Waals surface area contributed by atoms with Crippen LogP contribution in [0.1, 0.15) is 162 Å². The highest BCUT2D eigenvalue weighted by molar-refractivity contribution is 5.02. The Balaban J connectivity index is 3.86. The number of allylic oxidation sites excluding steroid dienone is 4. The summed E-state index contributed by atoms with van der Waals surface area (Å²) in [6.45, 7) is 8.54. The van der Waals surface area contributed by atoms with Crippen LogP contribution in [0.3, 0.4) is 0 Å². The first-order chi connectivity index (χ1) is 16.8. The van der Waals surface area contributed by atoms with Crippen LogP contribution in [-0.4, -0.2) is 19.5 Å². The third kappa shape index (κ3) is 27.6. The van der Waals surface area contributed by atoms with Crippen LogP contribution in [0.5, 0.6) is 0 Å². The number of hydrogen-bond acceptors (Lipinski definition) is 2. The molecule has 0 aliphatic rings. The molecule has 2 nitrogen and oxygen atoms in total. The summed E-state index contributed by atoms with van der Waals surface area (Å²) in [5.74, 6) is 0. The summed E-state index contributed by atoms with van der Waals surface area (Å²) in [6.07, 6.45) is 37.5. The van der Waals surface area contributed by atoms with Crippen LogP contribution in [0.4, 0.5) is 0 Å². The first kappa shape index (κ1) is 33.4. The molecule has 0 amide bonds. The summed E-state index contributed by atoms with van der Waals surface area (Å²) in [5, 5.41) is 0. The van der Waals surface area contributed by atoms with Crippen molar-refractivity contribution in [1.29, 1.82) is 0 Å². The first-order valence-corrected chi connectivity index (χ1v) is 15.4. The zero-order chi connectivity index (χ0) is 24.8. The lowest BCUT2D eigenvalue weighted by Gasteiger charge is -2.19. The van der Waals surface area contributed by atoms with Gasteiger partial charge < -0.3 is 9.47 Å². The van der Waals surface area contributed by atoms with Gasteiger partial charge in [0.15, 0.2) is 6.29 Å². The molecule has 0 aromatic carbocycles. The Labute approximate surface area is 215 Å². The minimum absolute atomic E-state index is 0.0220. The van der Waals surface area contributed by atoms with Crippen molar-refractivity contribution < 1.29 is 9.47 Å². The molecule has 0 rings (SSSR count).